The molecule has 0 saturated carbocycles. The van der Waals surface area contributed by atoms with Crippen molar-refractivity contribution in [1.82, 2.24) is 0 Å². The number of carbonyl (C=O) groups is 2. The lowest BCUT2D eigenvalue weighted by atomic mass is 10.1. The molecule has 0 bridgehead atoms. The zero-order valence-corrected chi connectivity index (χ0v) is 11.3. The molecular weight excluding hydrogens is 288 g/mol. The first-order chi connectivity index (χ1) is 9.31. The van der Waals surface area contributed by atoms with Crippen LogP contribution in [0.3, 0.4) is 0 Å². The van der Waals surface area contributed by atoms with Gasteiger partial charge in [0, 0.05) is 0 Å². The normalized spacial score (nSPS) is 11.1. The van der Waals surface area contributed by atoms with Crippen LogP contribution in [0.4, 0.5) is 0 Å². The molecule has 0 aliphatic rings. The number of aromatic carboxylic acids is 1. The number of hydrogen-bond donors (Lipinski definition) is 2. The van der Waals surface area contributed by atoms with Gasteiger partial charge in [-0.2, -0.15) is 8.42 Å². The Hall–Kier alpha value is -1.93. The molecule has 1 aromatic rings. The largest absolute Gasteiger partial charge is 0.478 e. The van der Waals surface area contributed by atoms with Crippen molar-refractivity contribution in [2.45, 2.75) is 12.8 Å². The maximum atomic E-state index is 11.7. The summed E-state index contributed by atoms with van der Waals surface area (Å²) in [6.07, 6.45) is 0.396. The van der Waals surface area contributed by atoms with Gasteiger partial charge in [-0.05, 0) is 25.0 Å². The second-order valence-electron chi connectivity index (χ2n) is 3.98. The Bertz CT molecular complexity index is 592. The van der Waals surface area contributed by atoms with E-state index in [0.717, 1.165) is 0 Å². The van der Waals surface area contributed by atoms with Crippen molar-refractivity contribution in [2.24, 2.45) is 0 Å². The Morgan fingerprint density at radius 3 is 2.25 bits per heavy atom. The van der Waals surface area contributed by atoms with E-state index < -0.39 is 27.8 Å². The molecule has 0 spiro atoms. The molecule has 0 aromatic heterocycles. The summed E-state index contributed by atoms with van der Waals surface area (Å²) in [6.45, 7) is -0.0533. The molecule has 20 heavy (non-hydrogen) atoms. The molecule has 7 nitrogen and oxygen atoms in total. The molecule has 0 heterocycles. The highest BCUT2D eigenvalue weighted by atomic mass is 32.2. The van der Waals surface area contributed by atoms with Crippen LogP contribution in [0.15, 0.2) is 24.3 Å². The number of ether oxygens (including phenoxy) is 1. The summed E-state index contributed by atoms with van der Waals surface area (Å²) < 4.78 is 34.3. The average molecular weight is 302 g/mol. The van der Waals surface area contributed by atoms with E-state index in [1.165, 1.54) is 24.3 Å². The van der Waals surface area contributed by atoms with Gasteiger partial charge in [-0.1, -0.05) is 12.1 Å². The minimum absolute atomic E-state index is 0.0533. The van der Waals surface area contributed by atoms with Crippen molar-refractivity contribution in [3.05, 3.63) is 35.4 Å². The van der Waals surface area contributed by atoms with Crippen molar-refractivity contribution in [1.29, 1.82) is 0 Å². The highest BCUT2D eigenvalue weighted by Crippen LogP contribution is 2.10. The summed E-state index contributed by atoms with van der Waals surface area (Å²) in [5, 5.41) is 8.91. The third kappa shape index (κ3) is 5.37. The minimum Gasteiger partial charge on any atom is -0.478 e. The van der Waals surface area contributed by atoms with E-state index in [9.17, 15) is 18.0 Å². The topological polar surface area (TPSA) is 118 Å². The molecular formula is C12H14O7S. The lowest BCUT2D eigenvalue weighted by Crippen LogP contribution is -2.13. The number of rotatable bonds is 7. The average Bonchev–Trinajstić information content (AvgIpc) is 2.36. The number of carboxylic acids is 1. The van der Waals surface area contributed by atoms with E-state index >= 15 is 0 Å². The number of esters is 1. The Balaban J connectivity index is 2.50. The second kappa shape index (κ2) is 7.01. The molecule has 1 aromatic carbocycles. The van der Waals surface area contributed by atoms with Crippen molar-refractivity contribution in [3.8, 4) is 0 Å². The summed E-state index contributed by atoms with van der Waals surface area (Å²) in [7, 11) is -4.01. The van der Waals surface area contributed by atoms with E-state index in [4.69, 9.17) is 14.4 Å². The summed E-state index contributed by atoms with van der Waals surface area (Å²) in [6, 6.07) is 5.63. The molecule has 0 aliphatic heterocycles. The van der Waals surface area contributed by atoms with Crippen LogP contribution in [0.1, 0.15) is 33.6 Å². The standard InChI is InChI=1S/C12H14O7S/c13-11(14)9-5-1-2-6-10(9)12(15)19-7-3-4-8-20(16,17)18/h1-2,5-6H,3-4,7-8H2,(H,13,14)(H,16,17,18). The van der Waals surface area contributed by atoms with Crippen LogP contribution in [0.25, 0.3) is 0 Å². The monoisotopic (exact) mass is 302 g/mol. The quantitative estimate of drug-likeness (QED) is 0.441. The molecule has 8 heteroatoms. The van der Waals surface area contributed by atoms with Crippen molar-refractivity contribution >= 4 is 22.1 Å². The Labute approximate surface area is 115 Å². The summed E-state index contributed by atoms with van der Waals surface area (Å²) in [5.41, 5.74) is -0.217. The van der Waals surface area contributed by atoms with Crippen LogP contribution in [0.5, 0.6) is 0 Å². The van der Waals surface area contributed by atoms with Gasteiger partial charge in [-0.3, -0.25) is 4.55 Å². The summed E-state index contributed by atoms with van der Waals surface area (Å²) in [5.74, 6) is -2.42. The van der Waals surface area contributed by atoms with E-state index in [-0.39, 0.29) is 30.6 Å². The summed E-state index contributed by atoms with van der Waals surface area (Å²) in [4.78, 5) is 22.6. The first kappa shape index (κ1) is 16.1. The molecule has 0 radical (unpaired) electrons. The smallest absolute Gasteiger partial charge is 0.339 e. The molecule has 0 atom stereocenters. The minimum atomic E-state index is -4.01. The van der Waals surface area contributed by atoms with E-state index in [2.05, 4.69) is 0 Å². The third-order valence-electron chi connectivity index (χ3n) is 2.41. The zero-order chi connectivity index (χ0) is 15.2. The lowest BCUT2D eigenvalue weighted by Gasteiger charge is -2.06. The van der Waals surface area contributed by atoms with E-state index in [0.29, 0.717) is 0 Å². The molecule has 110 valence electrons. The molecule has 0 aliphatic carbocycles. The van der Waals surface area contributed by atoms with Gasteiger partial charge in [0.25, 0.3) is 10.1 Å². The summed E-state index contributed by atoms with van der Waals surface area (Å²) >= 11 is 0. The lowest BCUT2D eigenvalue weighted by molar-refractivity contribution is 0.0489. The molecule has 0 fully saturated rings. The van der Waals surface area contributed by atoms with E-state index in [1.807, 2.05) is 0 Å². The fourth-order valence-corrected chi connectivity index (χ4v) is 2.05. The Kier molecular flexibility index (Phi) is 5.66. The van der Waals surface area contributed by atoms with Crippen molar-refractivity contribution < 1.29 is 32.4 Å². The van der Waals surface area contributed by atoms with Gasteiger partial charge in [0.15, 0.2) is 0 Å². The number of hydrogen-bond acceptors (Lipinski definition) is 5. The molecule has 1 rings (SSSR count). The van der Waals surface area contributed by atoms with Crippen LogP contribution in [-0.2, 0) is 14.9 Å². The fraction of sp³-hybridized carbons (Fsp3) is 0.333. The SMILES string of the molecule is O=C(O)c1ccccc1C(=O)OCCCCS(=O)(=O)O. The van der Waals surface area contributed by atoms with Crippen molar-refractivity contribution in [3.63, 3.8) is 0 Å². The van der Waals surface area contributed by atoms with Gasteiger partial charge < -0.3 is 9.84 Å². The van der Waals surface area contributed by atoms with Gasteiger partial charge in [0.05, 0.1) is 23.5 Å². The first-order valence-electron chi connectivity index (χ1n) is 5.76. The molecule has 0 saturated heterocycles. The maximum absolute atomic E-state index is 11.7. The molecule has 0 unspecified atom stereocenters. The predicted molar refractivity (Wildman–Crippen MR) is 69.3 cm³/mol. The maximum Gasteiger partial charge on any atom is 0.339 e. The number of benzene rings is 1. The number of carboxylic acid groups (broad SMARTS) is 1. The van der Waals surface area contributed by atoms with Gasteiger partial charge >= 0.3 is 11.9 Å². The van der Waals surface area contributed by atoms with Gasteiger partial charge in [0.1, 0.15) is 0 Å². The third-order valence-corrected chi connectivity index (χ3v) is 3.21. The Morgan fingerprint density at radius 2 is 1.70 bits per heavy atom. The van der Waals surface area contributed by atoms with Gasteiger partial charge in [-0.15, -0.1) is 0 Å². The molecule has 2 N–H and O–H groups in total. The van der Waals surface area contributed by atoms with Crippen LogP contribution < -0.4 is 0 Å². The first-order valence-corrected chi connectivity index (χ1v) is 7.37. The van der Waals surface area contributed by atoms with Crippen molar-refractivity contribution in [2.75, 3.05) is 12.4 Å². The van der Waals surface area contributed by atoms with Crippen LogP contribution in [0, 0.1) is 0 Å². The molecule has 0 amide bonds. The fourth-order valence-electron chi connectivity index (χ4n) is 1.48. The number of unbranched alkanes of at least 4 members (excludes halogenated alkanes) is 1. The predicted octanol–water partition coefficient (Wildman–Crippen LogP) is 1.21. The van der Waals surface area contributed by atoms with Crippen LogP contribution in [-0.4, -0.2) is 42.4 Å². The van der Waals surface area contributed by atoms with Crippen LogP contribution >= 0.6 is 0 Å². The second-order valence-corrected chi connectivity index (χ2v) is 5.55. The Morgan fingerprint density at radius 1 is 1.10 bits per heavy atom. The zero-order valence-electron chi connectivity index (χ0n) is 10.5. The van der Waals surface area contributed by atoms with Gasteiger partial charge in [-0.25, -0.2) is 9.59 Å². The highest BCUT2D eigenvalue weighted by molar-refractivity contribution is 7.85. The van der Waals surface area contributed by atoms with Gasteiger partial charge in [0.2, 0.25) is 0 Å². The van der Waals surface area contributed by atoms with Crippen LogP contribution in [0.2, 0.25) is 0 Å². The van der Waals surface area contributed by atoms with E-state index in [1.54, 1.807) is 0 Å². The highest BCUT2D eigenvalue weighted by Gasteiger charge is 2.16. The number of carbonyl (C=O) groups excluding carboxylic acids is 1.